The lowest BCUT2D eigenvalue weighted by molar-refractivity contribution is 0.174. The van der Waals surface area contributed by atoms with Crippen LogP contribution in [0.25, 0.3) is 17.2 Å². The third kappa shape index (κ3) is 1.51. The Bertz CT molecular complexity index is 980. The molecule has 2 aromatic rings. The van der Waals surface area contributed by atoms with Crippen molar-refractivity contribution in [3.63, 3.8) is 0 Å². The first-order valence-corrected chi connectivity index (χ1v) is 7.79. The number of fused-ring (bicyclic) bond motifs is 5. The number of methoxy groups -OCH3 is 1. The fourth-order valence-electron chi connectivity index (χ4n) is 3.92. The number of benzene rings is 1. The summed E-state index contributed by atoms with van der Waals surface area (Å²) in [5, 5.41) is 0. The Morgan fingerprint density at radius 2 is 2.12 bits per heavy atom. The molecule has 0 aromatic heterocycles. The van der Waals surface area contributed by atoms with Gasteiger partial charge in [-0.05, 0) is 34.9 Å². The van der Waals surface area contributed by atoms with Gasteiger partial charge in [0.25, 0.3) is 0 Å². The van der Waals surface area contributed by atoms with Crippen LogP contribution in [-0.4, -0.2) is 25.9 Å². The van der Waals surface area contributed by atoms with Gasteiger partial charge in [-0.25, -0.2) is 0 Å². The van der Waals surface area contributed by atoms with E-state index in [1.807, 2.05) is 37.5 Å². The average Bonchev–Trinajstić information content (AvgIpc) is 3.13. The van der Waals surface area contributed by atoms with E-state index < -0.39 is 0 Å². The van der Waals surface area contributed by atoms with Crippen LogP contribution in [0.3, 0.4) is 0 Å². The van der Waals surface area contributed by atoms with E-state index in [1.54, 1.807) is 6.07 Å². The Hall–Kier alpha value is -2.95. The van der Waals surface area contributed by atoms with Gasteiger partial charge in [0.2, 0.25) is 12.2 Å². The molecule has 0 fully saturated rings. The number of rotatable bonds is 1. The predicted molar refractivity (Wildman–Crippen MR) is 89.5 cm³/mol. The van der Waals surface area contributed by atoms with E-state index >= 15 is 0 Å². The zero-order valence-electron chi connectivity index (χ0n) is 13.3. The van der Waals surface area contributed by atoms with E-state index in [2.05, 4.69) is 4.90 Å². The molecule has 24 heavy (non-hydrogen) atoms. The van der Waals surface area contributed by atoms with Crippen molar-refractivity contribution in [3.8, 4) is 28.4 Å². The summed E-state index contributed by atoms with van der Waals surface area (Å²) in [5.41, 5.74) is 4.51. The second-order valence-electron chi connectivity index (χ2n) is 6.13. The maximum Gasteiger partial charge on any atom is 0.231 e. The van der Waals surface area contributed by atoms with Crippen molar-refractivity contribution < 1.29 is 14.2 Å². The van der Waals surface area contributed by atoms with Crippen LogP contribution in [0.5, 0.6) is 17.2 Å². The Balaban J connectivity index is 1.97. The quantitative estimate of drug-likeness (QED) is 0.808. The lowest BCUT2D eigenvalue weighted by Gasteiger charge is -2.29. The standard InChI is InChI=1S/C19H15NO4/c1-20-7-6-10-8-13-19(24-9-23-13)16-14(10)17(20)11-4-3-5-12(22-2)18(21)15(11)16/h3-8,17H,9H2,1-2H3. The predicted octanol–water partition coefficient (Wildman–Crippen LogP) is 2.77. The molecule has 5 rings (SSSR count). The van der Waals surface area contributed by atoms with Crippen LogP contribution in [0.1, 0.15) is 22.7 Å². The summed E-state index contributed by atoms with van der Waals surface area (Å²) in [6.07, 6.45) is 4.08. The zero-order chi connectivity index (χ0) is 16.4. The van der Waals surface area contributed by atoms with E-state index in [0.717, 1.165) is 22.3 Å². The maximum absolute atomic E-state index is 13.1. The molecule has 5 nitrogen and oxygen atoms in total. The van der Waals surface area contributed by atoms with Gasteiger partial charge in [0.05, 0.1) is 13.2 Å². The first kappa shape index (κ1) is 13.5. The smallest absolute Gasteiger partial charge is 0.231 e. The van der Waals surface area contributed by atoms with Crippen molar-refractivity contribution in [2.75, 3.05) is 21.0 Å². The van der Waals surface area contributed by atoms with E-state index in [0.29, 0.717) is 22.8 Å². The van der Waals surface area contributed by atoms with Gasteiger partial charge in [-0.1, -0.05) is 12.1 Å². The Labute approximate surface area is 138 Å². The molecule has 0 radical (unpaired) electrons. The molecule has 0 saturated heterocycles. The van der Waals surface area contributed by atoms with Gasteiger partial charge >= 0.3 is 0 Å². The molecule has 0 N–H and O–H groups in total. The first-order valence-electron chi connectivity index (χ1n) is 7.79. The molecule has 5 heteroatoms. The summed E-state index contributed by atoms with van der Waals surface area (Å²) in [7, 11) is 3.53. The SMILES string of the molecule is COc1cccc2c(c1=O)-c1c3c(cc4c1C2N(C)C=C4)OCO3. The molecule has 2 aliphatic heterocycles. The van der Waals surface area contributed by atoms with Gasteiger partial charge in [-0.3, -0.25) is 4.79 Å². The largest absolute Gasteiger partial charge is 0.493 e. The summed E-state index contributed by atoms with van der Waals surface area (Å²) < 4.78 is 16.6. The van der Waals surface area contributed by atoms with Crippen molar-refractivity contribution >= 4 is 6.08 Å². The second-order valence-corrected chi connectivity index (χ2v) is 6.13. The van der Waals surface area contributed by atoms with Crippen molar-refractivity contribution in [2.45, 2.75) is 6.04 Å². The van der Waals surface area contributed by atoms with Crippen molar-refractivity contribution in [1.82, 2.24) is 4.90 Å². The number of ether oxygens (including phenoxy) is 3. The molecule has 0 bridgehead atoms. The molecule has 0 spiro atoms. The van der Waals surface area contributed by atoms with Crippen molar-refractivity contribution in [1.29, 1.82) is 0 Å². The van der Waals surface area contributed by atoms with Crippen molar-refractivity contribution in [2.24, 2.45) is 0 Å². The molecule has 2 aromatic carbocycles. The summed E-state index contributed by atoms with van der Waals surface area (Å²) in [5.74, 6) is 1.68. The minimum absolute atomic E-state index is 0.00527. The number of hydrogen-bond donors (Lipinski definition) is 0. The minimum atomic E-state index is -0.119. The van der Waals surface area contributed by atoms with E-state index in [4.69, 9.17) is 14.2 Å². The van der Waals surface area contributed by atoms with Crippen LogP contribution in [-0.2, 0) is 0 Å². The fourth-order valence-corrected chi connectivity index (χ4v) is 3.92. The summed E-state index contributed by atoms with van der Waals surface area (Å²) >= 11 is 0. The molecular weight excluding hydrogens is 306 g/mol. The van der Waals surface area contributed by atoms with Crippen LogP contribution in [0.2, 0.25) is 0 Å². The summed E-state index contributed by atoms with van der Waals surface area (Å²) in [6.45, 7) is 0.176. The third-order valence-electron chi connectivity index (χ3n) is 4.93. The highest BCUT2D eigenvalue weighted by molar-refractivity contribution is 5.90. The van der Waals surface area contributed by atoms with Gasteiger partial charge < -0.3 is 19.1 Å². The Morgan fingerprint density at radius 1 is 1.25 bits per heavy atom. The molecule has 0 amide bonds. The molecule has 1 atom stereocenters. The molecule has 1 aliphatic carbocycles. The zero-order valence-corrected chi connectivity index (χ0v) is 13.3. The van der Waals surface area contributed by atoms with Crippen LogP contribution >= 0.6 is 0 Å². The van der Waals surface area contributed by atoms with Gasteiger partial charge in [0, 0.05) is 24.4 Å². The summed E-state index contributed by atoms with van der Waals surface area (Å²) in [4.78, 5) is 15.2. The molecule has 120 valence electrons. The van der Waals surface area contributed by atoms with Crippen LogP contribution < -0.4 is 19.6 Å². The van der Waals surface area contributed by atoms with Gasteiger partial charge in [-0.2, -0.15) is 0 Å². The highest BCUT2D eigenvalue weighted by atomic mass is 16.7. The lowest BCUT2D eigenvalue weighted by Crippen LogP contribution is -2.21. The molecule has 3 aliphatic rings. The van der Waals surface area contributed by atoms with E-state index in [9.17, 15) is 4.79 Å². The first-order chi connectivity index (χ1) is 11.7. The maximum atomic E-state index is 13.1. The monoisotopic (exact) mass is 321 g/mol. The normalized spacial score (nSPS) is 18.4. The second kappa shape index (κ2) is 4.54. The van der Waals surface area contributed by atoms with Gasteiger partial charge in [0.15, 0.2) is 17.2 Å². The highest BCUT2D eigenvalue weighted by Gasteiger charge is 2.40. The summed E-state index contributed by atoms with van der Waals surface area (Å²) in [6, 6.07) is 7.56. The lowest BCUT2D eigenvalue weighted by atomic mass is 9.94. The van der Waals surface area contributed by atoms with Crippen molar-refractivity contribution in [3.05, 3.63) is 57.4 Å². The topological polar surface area (TPSA) is 48.0 Å². The number of nitrogens with zero attached hydrogens (tertiary/aromatic N) is 1. The molecule has 0 saturated carbocycles. The van der Waals surface area contributed by atoms with Gasteiger partial charge in [0.1, 0.15) is 0 Å². The minimum Gasteiger partial charge on any atom is -0.493 e. The van der Waals surface area contributed by atoms with Crippen LogP contribution in [0, 0.1) is 0 Å². The highest BCUT2D eigenvalue weighted by Crippen LogP contribution is 2.56. The van der Waals surface area contributed by atoms with Crippen LogP contribution in [0.4, 0.5) is 0 Å². The Morgan fingerprint density at radius 3 is 2.96 bits per heavy atom. The van der Waals surface area contributed by atoms with E-state index in [-0.39, 0.29) is 18.3 Å². The van der Waals surface area contributed by atoms with Gasteiger partial charge in [-0.15, -0.1) is 0 Å². The molecule has 1 unspecified atom stereocenters. The average molecular weight is 321 g/mol. The fraction of sp³-hybridized carbons (Fsp3) is 0.211. The van der Waals surface area contributed by atoms with Crippen LogP contribution in [0.15, 0.2) is 35.3 Å². The third-order valence-corrected chi connectivity index (χ3v) is 4.93. The van der Waals surface area contributed by atoms with E-state index in [1.165, 1.54) is 7.11 Å². The molecular formula is C19H15NO4. The Kier molecular flexibility index (Phi) is 2.55. The number of hydrogen-bond acceptors (Lipinski definition) is 5. The molecule has 2 heterocycles.